The summed E-state index contributed by atoms with van der Waals surface area (Å²) in [6.07, 6.45) is 0. The maximum absolute atomic E-state index is 12.1. The normalized spacial score (nSPS) is 10.0. The van der Waals surface area contributed by atoms with Gasteiger partial charge in [-0.2, -0.15) is 0 Å². The molecule has 0 radical (unpaired) electrons. The van der Waals surface area contributed by atoms with Gasteiger partial charge < -0.3 is 25.6 Å². The lowest BCUT2D eigenvalue weighted by Crippen LogP contribution is -2.12. The number of para-hydroxylation sites is 1. The number of phenolic OH excluding ortho intramolecular Hbond substituents is 1. The molecule has 6 nitrogen and oxygen atoms in total. The van der Waals surface area contributed by atoms with Crippen molar-refractivity contribution in [3.8, 4) is 17.2 Å². The molecule has 0 spiro atoms. The third-order valence-corrected chi connectivity index (χ3v) is 2.95. The van der Waals surface area contributed by atoms with Crippen LogP contribution in [0.25, 0.3) is 0 Å². The molecule has 21 heavy (non-hydrogen) atoms. The summed E-state index contributed by atoms with van der Waals surface area (Å²) in [6.45, 7) is 0. The molecule has 1 amide bonds. The van der Waals surface area contributed by atoms with Crippen LogP contribution in [0, 0.1) is 0 Å². The molecule has 0 unspecified atom stereocenters. The molecular weight excluding hydrogens is 272 g/mol. The van der Waals surface area contributed by atoms with E-state index < -0.39 is 5.91 Å². The Bertz CT molecular complexity index is 671. The van der Waals surface area contributed by atoms with Gasteiger partial charge in [0.15, 0.2) is 17.2 Å². The highest BCUT2D eigenvalue weighted by molar-refractivity contribution is 6.07. The van der Waals surface area contributed by atoms with Crippen LogP contribution in [-0.4, -0.2) is 25.2 Å². The van der Waals surface area contributed by atoms with E-state index in [1.54, 1.807) is 24.3 Å². The first-order valence-corrected chi connectivity index (χ1v) is 6.17. The van der Waals surface area contributed by atoms with E-state index in [1.165, 1.54) is 26.4 Å². The van der Waals surface area contributed by atoms with Crippen molar-refractivity contribution >= 4 is 17.3 Å². The number of methoxy groups -OCH3 is 2. The molecule has 0 saturated carbocycles. The van der Waals surface area contributed by atoms with Crippen molar-refractivity contribution in [3.63, 3.8) is 0 Å². The number of anilines is 2. The molecular formula is C15H16N2O4. The molecule has 4 N–H and O–H groups in total. The first kappa shape index (κ1) is 14.5. The summed E-state index contributed by atoms with van der Waals surface area (Å²) >= 11 is 0. The minimum absolute atomic E-state index is 0.102. The Balaban J connectivity index is 2.25. The zero-order chi connectivity index (χ0) is 15.4. The van der Waals surface area contributed by atoms with E-state index in [0.717, 1.165) is 0 Å². The SMILES string of the molecule is COc1ccc(NC(=O)c2cccc(N)c2O)cc1OC. The lowest BCUT2D eigenvalue weighted by atomic mass is 10.1. The number of amides is 1. The van der Waals surface area contributed by atoms with Gasteiger partial charge in [0.25, 0.3) is 5.91 Å². The number of rotatable bonds is 4. The first-order valence-electron chi connectivity index (χ1n) is 6.17. The molecule has 0 fully saturated rings. The fourth-order valence-electron chi connectivity index (χ4n) is 1.86. The van der Waals surface area contributed by atoms with E-state index in [2.05, 4.69) is 5.32 Å². The van der Waals surface area contributed by atoms with Crippen LogP contribution >= 0.6 is 0 Å². The van der Waals surface area contributed by atoms with E-state index in [-0.39, 0.29) is 17.0 Å². The molecule has 6 heteroatoms. The number of ether oxygens (including phenoxy) is 2. The Kier molecular flexibility index (Phi) is 4.18. The molecule has 0 aliphatic carbocycles. The van der Waals surface area contributed by atoms with E-state index in [4.69, 9.17) is 15.2 Å². The van der Waals surface area contributed by atoms with Crippen LogP contribution in [-0.2, 0) is 0 Å². The topological polar surface area (TPSA) is 93.8 Å². The molecule has 0 aliphatic rings. The highest BCUT2D eigenvalue weighted by Gasteiger charge is 2.14. The number of hydrogen-bond acceptors (Lipinski definition) is 5. The fraction of sp³-hybridized carbons (Fsp3) is 0.133. The van der Waals surface area contributed by atoms with E-state index in [9.17, 15) is 9.90 Å². The molecule has 0 saturated heterocycles. The Morgan fingerprint density at radius 2 is 1.86 bits per heavy atom. The van der Waals surface area contributed by atoms with Gasteiger partial charge in [-0.15, -0.1) is 0 Å². The summed E-state index contributed by atoms with van der Waals surface area (Å²) in [4.78, 5) is 12.1. The number of benzene rings is 2. The van der Waals surface area contributed by atoms with Gasteiger partial charge in [0.05, 0.1) is 25.5 Å². The van der Waals surface area contributed by atoms with Crippen LogP contribution < -0.4 is 20.5 Å². The van der Waals surface area contributed by atoms with Crippen LogP contribution in [0.1, 0.15) is 10.4 Å². The average Bonchev–Trinajstić information content (AvgIpc) is 2.49. The number of nitrogens with one attached hydrogen (secondary N) is 1. The zero-order valence-electron chi connectivity index (χ0n) is 11.7. The summed E-state index contributed by atoms with van der Waals surface area (Å²) < 4.78 is 10.3. The summed E-state index contributed by atoms with van der Waals surface area (Å²) in [6, 6.07) is 9.57. The summed E-state index contributed by atoms with van der Waals surface area (Å²) in [5.41, 5.74) is 6.33. The number of phenols is 1. The van der Waals surface area contributed by atoms with Crippen LogP contribution in [0.5, 0.6) is 17.2 Å². The van der Waals surface area contributed by atoms with Crippen molar-refractivity contribution in [1.82, 2.24) is 0 Å². The van der Waals surface area contributed by atoms with Gasteiger partial charge in [-0.05, 0) is 24.3 Å². The number of carbonyl (C=O) groups is 1. The monoisotopic (exact) mass is 288 g/mol. The van der Waals surface area contributed by atoms with Crippen molar-refractivity contribution in [2.45, 2.75) is 0 Å². The second kappa shape index (κ2) is 6.04. The van der Waals surface area contributed by atoms with Gasteiger partial charge >= 0.3 is 0 Å². The van der Waals surface area contributed by atoms with E-state index >= 15 is 0 Å². The van der Waals surface area contributed by atoms with Crippen molar-refractivity contribution in [2.24, 2.45) is 0 Å². The largest absolute Gasteiger partial charge is 0.505 e. The number of nitrogen functional groups attached to an aromatic ring is 1. The third-order valence-electron chi connectivity index (χ3n) is 2.95. The number of hydrogen-bond donors (Lipinski definition) is 3. The number of carbonyl (C=O) groups excluding carboxylic acids is 1. The van der Waals surface area contributed by atoms with E-state index in [0.29, 0.717) is 17.2 Å². The standard InChI is InChI=1S/C15H16N2O4/c1-20-12-7-6-9(8-13(12)21-2)17-15(19)10-4-3-5-11(16)14(10)18/h3-8,18H,16H2,1-2H3,(H,17,19). The Labute approximate surface area is 122 Å². The lowest BCUT2D eigenvalue weighted by Gasteiger charge is -2.11. The highest BCUT2D eigenvalue weighted by Crippen LogP contribution is 2.31. The summed E-state index contributed by atoms with van der Waals surface area (Å²) in [5.74, 6) is 0.344. The molecule has 0 aromatic heterocycles. The molecule has 0 heterocycles. The predicted octanol–water partition coefficient (Wildman–Crippen LogP) is 2.24. The lowest BCUT2D eigenvalue weighted by molar-refractivity contribution is 0.102. The quantitative estimate of drug-likeness (QED) is 0.592. The fourth-order valence-corrected chi connectivity index (χ4v) is 1.86. The van der Waals surface area contributed by atoms with Gasteiger partial charge in [-0.3, -0.25) is 4.79 Å². The van der Waals surface area contributed by atoms with Crippen molar-refractivity contribution < 1.29 is 19.4 Å². The minimum Gasteiger partial charge on any atom is -0.505 e. The predicted molar refractivity (Wildman–Crippen MR) is 80.0 cm³/mol. The summed E-state index contributed by atoms with van der Waals surface area (Å²) in [7, 11) is 3.04. The molecule has 2 aromatic rings. The highest BCUT2D eigenvalue weighted by atomic mass is 16.5. The van der Waals surface area contributed by atoms with Gasteiger partial charge in [0.1, 0.15) is 0 Å². The smallest absolute Gasteiger partial charge is 0.259 e. The van der Waals surface area contributed by atoms with Crippen molar-refractivity contribution in [1.29, 1.82) is 0 Å². The average molecular weight is 288 g/mol. The van der Waals surface area contributed by atoms with Gasteiger partial charge in [0.2, 0.25) is 0 Å². The second-order valence-corrected chi connectivity index (χ2v) is 4.27. The maximum atomic E-state index is 12.1. The first-order chi connectivity index (χ1) is 10.1. The van der Waals surface area contributed by atoms with Crippen LogP contribution in [0.15, 0.2) is 36.4 Å². The minimum atomic E-state index is -0.466. The molecule has 2 rings (SSSR count). The summed E-state index contributed by atoms with van der Waals surface area (Å²) in [5, 5.41) is 12.5. The molecule has 0 atom stereocenters. The van der Waals surface area contributed by atoms with Crippen molar-refractivity contribution in [3.05, 3.63) is 42.0 Å². The van der Waals surface area contributed by atoms with Crippen LogP contribution in [0.3, 0.4) is 0 Å². The maximum Gasteiger partial charge on any atom is 0.259 e. The van der Waals surface area contributed by atoms with E-state index in [1.807, 2.05) is 0 Å². The van der Waals surface area contributed by atoms with Crippen LogP contribution in [0.4, 0.5) is 11.4 Å². The zero-order valence-corrected chi connectivity index (χ0v) is 11.7. The second-order valence-electron chi connectivity index (χ2n) is 4.27. The van der Waals surface area contributed by atoms with Crippen LogP contribution in [0.2, 0.25) is 0 Å². The number of aromatic hydroxyl groups is 1. The molecule has 110 valence electrons. The molecule has 2 aromatic carbocycles. The van der Waals surface area contributed by atoms with Gasteiger partial charge in [-0.25, -0.2) is 0 Å². The van der Waals surface area contributed by atoms with Gasteiger partial charge in [-0.1, -0.05) is 6.07 Å². The Morgan fingerprint density at radius 3 is 2.52 bits per heavy atom. The molecule has 0 aliphatic heterocycles. The Morgan fingerprint density at radius 1 is 1.14 bits per heavy atom. The van der Waals surface area contributed by atoms with Crippen molar-refractivity contribution in [2.75, 3.05) is 25.3 Å². The number of nitrogens with two attached hydrogens (primary N) is 1. The molecule has 0 bridgehead atoms. The third kappa shape index (κ3) is 3.00. The van der Waals surface area contributed by atoms with Gasteiger partial charge in [0, 0.05) is 11.8 Å². The Hall–Kier alpha value is -2.89.